The molecule has 3 aromatic rings. The number of aromatic nitrogens is 4. The molecule has 9 heteroatoms. The molecule has 1 heterocycles. The summed E-state index contributed by atoms with van der Waals surface area (Å²) >= 11 is 2.74. The Kier molecular flexibility index (Phi) is 5.67. The van der Waals surface area contributed by atoms with E-state index in [9.17, 15) is 9.18 Å². The van der Waals surface area contributed by atoms with Crippen molar-refractivity contribution in [2.24, 2.45) is 0 Å². The molecule has 2 aromatic carbocycles. The van der Waals surface area contributed by atoms with Crippen molar-refractivity contribution >= 4 is 35.1 Å². The van der Waals surface area contributed by atoms with Gasteiger partial charge < -0.3 is 5.32 Å². The topological polar surface area (TPSA) is 72.7 Å². The van der Waals surface area contributed by atoms with E-state index in [-0.39, 0.29) is 17.5 Å². The molecule has 128 valence electrons. The Morgan fingerprint density at radius 3 is 2.88 bits per heavy atom. The molecule has 0 aliphatic rings. The number of carbonyl (C=O) groups excluding carboxylic acids is 1. The number of nitrogens with zero attached hydrogens (tertiary/aromatic N) is 4. The predicted octanol–water partition coefficient (Wildman–Crippen LogP) is 3.25. The molecule has 1 amide bonds. The number of amides is 1. The van der Waals surface area contributed by atoms with Crippen LogP contribution in [0, 0.1) is 5.82 Å². The van der Waals surface area contributed by atoms with Gasteiger partial charge in [-0.1, -0.05) is 30.0 Å². The average molecular weight is 375 g/mol. The fourth-order valence-corrected chi connectivity index (χ4v) is 3.35. The highest BCUT2D eigenvalue weighted by Gasteiger charge is 2.13. The molecule has 1 aromatic heterocycles. The normalized spacial score (nSPS) is 10.6. The van der Waals surface area contributed by atoms with Crippen molar-refractivity contribution in [2.45, 2.75) is 10.1 Å². The number of thioether (sulfide) groups is 2. The van der Waals surface area contributed by atoms with Gasteiger partial charge in [-0.25, -0.2) is 4.39 Å². The van der Waals surface area contributed by atoms with Crippen molar-refractivity contribution in [1.29, 1.82) is 0 Å². The fraction of sp³-hybridized carbons (Fsp3) is 0.125. The van der Waals surface area contributed by atoms with Gasteiger partial charge in [0.1, 0.15) is 5.82 Å². The summed E-state index contributed by atoms with van der Waals surface area (Å²) < 4.78 is 14.8. The highest BCUT2D eigenvalue weighted by atomic mass is 32.2. The number of anilines is 1. The molecule has 0 atom stereocenters. The van der Waals surface area contributed by atoms with Crippen molar-refractivity contribution in [2.75, 3.05) is 17.3 Å². The Morgan fingerprint density at radius 1 is 1.24 bits per heavy atom. The van der Waals surface area contributed by atoms with Crippen LogP contribution in [-0.4, -0.2) is 38.1 Å². The molecule has 0 aliphatic carbocycles. The Labute approximate surface area is 152 Å². The van der Waals surface area contributed by atoms with Crippen molar-refractivity contribution in [1.82, 2.24) is 20.2 Å². The van der Waals surface area contributed by atoms with Crippen LogP contribution in [0.3, 0.4) is 0 Å². The number of halogens is 1. The molecule has 0 unspecified atom stereocenters. The molecule has 0 radical (unpaired) electrons. The summed E-state index contributed by atoms with van der Waals surface area (Å²) in [5.41, 5.74) is 1.27. The van der Waals surface area contributed by atoms with Gasteiger partial charge in [0.2, 0.25) is 11.1 Å². The molecule has 0 bridgehead atoms. The summed E-state index contributed by atoms with van der Waals surface area (Å²) in [6, 6.07) is 13.5. The first-order valence-corrected chi connectivity index (χ1v) is 9.48. The highest BCUT2D eigenvalue weighted by molar-refractivity contribution is 7.99. The van der Waals surface area contributed by atoms with Crippen LogP contribution in [0.2, 0.25) is 0 Å². The third-order valence-electron chi connectivity index (χ3n) is 3.21. The molecule has 0 saturated heterocycles. The van der Waals surface area contributed by atoms with Crippen LogP contribution in [0.1, 0.15) is 0 Å². The van der Waals surface area contributed by atoms with E-state index in [0.29, 0.717) is 10.8 Å². The van der Waals surface area contributed by atoms with Gasteiger partial charge in [0, 0.05) is 4.90 Å². The SMILES string of the molecule is CSc1ccccc1NC(=O)CSc1nnnn1-c1cccc(F)c1. The lowest BCUT2D eigenvalue weighted by Gasteiger charge is -2.09. The molecule has 1 N–H and O–H groups in total. The minimum atomic E-state index is -0.379. The molecular weight excluding hydrogens is 361 g/mol. The maximum absolute atomic E-state index is 13.4. The van der Waals surface area contributed by atoms with Gasteiger partial charge in [0.05, 0.1) is 17.1 Å². The zero-order chi connectivity index (χ0) is 17.6. The Hall–Kier alpha value is -2.39. The molecular formula is C16H14FN5OS2. The number of tetrazole rings is 1. The summed E-state index contributed by atoms with van der Waals surface area (Å²) in [5.74, 6) is -0.408. The number of para-hydroxylation sites is 1. The van der Waals surface area contributed by atoms with Crippen molar-refractivity contribution in [3.8, 4) is 5.69 Å². The number of rotatable bonds is 6. The second-order valence-corrected chi connectivity index (χ2v) is 6.68. The van der Waals surface area contributed by atoms with Gasteiger partial charge in [-0.15, -0.1) is 16.9 Å². The van der Waals surface area contributed by atoms with E-state index in [4.69, 9.17) is 0 Å². The summed E-state index contributed by atoms with van der Waals surface area (Å²) in [4.78, 5) is 13.2. The second kappa shape index (κ2) is 8.13. The second-order valence-electron chi connectivity index (χ2n) is 4.89. The summed E-state index contributed by atoms with van der Waals surface area (Å²) in [5, 5.41) is 14.6. The van der Waals surface area contributed by atoms with Gasteiger partial charge in [-0.3, -0.25) is 4.79 Å². The number of benzene rings is 2. The summed E-state index contributed by atoms with van der Waals surface area (Å²) in [6.07, 6.45) is 1.95. The Balaban J connectivity index is 1.66. The zero-order valence-corrected chi connectivity index (χ0v) is 14.9. The number of hydrogen-bond donors (Lipinski definition) is 1. The fourth-order valence-electron chi connectivity index (χ4n) is 2.10. The maximum atomic E-state index is 13.4. The summed E-state index contributed by atoms with van der Waals surface area (Å²) in [7, 11) is 0. The van der Waals surface area contributed by atoms with E-state index in [1.807, 2.05) is 30.5 Å². The van der Waals surface area contributed by atoms with E-state index >= 15 is 0 Å². The van der Waals surface area contributed by atoms with E-state index in [0.717, 1.165) is 10.6 Å². The minimum absolute atomic E-state index is 0.137. The van der Waals surface area contributed by atoms with Crippen LogP contribution in [0.15, 0.2) is 58.6 Å². The van der Waals surface area contributed by atoms with Crippen molar-refractivity contribution in [3.05, 3.63) is 54.3 Å². The average Bonchev–Trinajstić information content (AvgIpc) is 3.09. The lowest BCUT2D eigenvalue weighted by atomic mass is 10.3. The predicted molar refractivity (Wildman–Crippen MR) is 96.7 cm³/mol. The Bertz CT molecular complexity index is 886. The van der Waals surface area contributed by atoms with Gasteiger partial charge in [0.15, 0.2) is 0 Å². The number of carbonyl (C=O) groups is 1. The Morgan fingerprint density at radius 2 is 2.08 bits per heavy atom. The molecule has 0 spiro atoms. The largest absolute Gasteiger partial charge is 0.324 e. The standard InChI is InChI=1S/C16H14FN5OS2/c1-24-14-8-3-2-7-13(14)18-15(23)10-25-16-19-20-21-22(16)12-6-4-5-11(17)9-12/h2-9H,10H2,1H3,(H,18,23). The molecule has 0 aliphatic heterocycles. The monoisotopic (exact) mass is 375 g/mol. The summed E-state index contributed by atoms with van der Waals surface area (Å²) in [6.45, 7) is 0. The van der Waals surface area contributed by atoms with Crippen molar-refractivity contribution < 1.29 is 9.18 Å². The smallest absolute Gasteiger partial charge is 0.234 e. The quantitative estimate of drug-likeness (QED) is 0.667. The van der Waals surface area contributed by atoms with Crippen molar-refractivity contribution in [3.63, 3.8) is 0 Å². The first-order chi connectivity index (χ1) is 12.2. The molecule has 6 nitrogen and oxygen atoms in total. The van der Waals surface area contributed by atoms with Crippen LogP contribution in [0.4, 0.5) is 10.1 Å². The van der Waals surface area contributed by atoms with Crippen LogP contribution in [0.5, 0.6) is 0 Å². The third-order valence-corrected chi connectivity index (χ3v) is 4.92. The van der Waals surface area contributed by atoms with E-state index < -0.39 is 0 Å². The first kappa shape index (κ1) is 17.4. The van der Waals surface area contributed by atoms with E-state index in [1.165, 1.54) is 28.6 Å². The third kappa shape index (κ3) is 4.37. The number of hydrogen-bond acceptors (Lipinski definition) is 6. The zero-order valence-electron chi connectivity index (χ0n) is 13.2. The van der Waals surface area contributed by atoms with Gasteiger partial charge in [-0.2, -0.15) is 4.68 Å². The van der Waals surface area contributed by atoms with Crippen LogP contribution in [-0.2, 0) is 4.79 Å². The van der Waals surface area contributed by atoms with Crippen LogP contribution < -0.4 is 5.32 Å². The molecule has 3 rings (SSSR count). The van der Waals surface area contributed by atoms with Gasteiger partial charge in [0.25, 0.3) is 0 Å². The number of nitrogens with one attached hydrogen (secondary N) is 1. The first-order valence-electron chi connectivity index (χ1n) is 7.27. The molecule has 25 heavy (non-hydrogen) atoms. The molecule has 0 saturated carbocycles. The van der Waals surface area contributed by atoms with Crippen LogP contribution >= 0.6 is 23.5 Å². The van der Waals surface area contributed by atoms with E-state index in [1.54, 1.807) is 23.9 Å². The van der Waals surface area contributed by atoms with E-state index in [2.05, 4.69) is 20.8 Å². The minimum Gasteiger partial charge on any atom is -0.324 e. The lowest BCUT2D eigenvalue weighted by molar-refractivity contribution is -0.113. The van der Waals surface area contributed by atoms with Gasteiger partial charge in [-0.05, 0) is 47.0 Å². The maximum Gasteiger partial charge on any atom is 0.234 e. The van der Waals surface area contributed by atoms with Crippen LogP contribution in [0.25, 0.3) is 5.69 Å². The lowest BCUT2D eigenvalue weighted by Crippen LogP contribution is -2.15. The molecule has 0 fully saturated rings. The highest BCUT2D eigenvalue weighted by Crippen LogP contribution is 2.25. The van der Waals surface area contributed by atoms with Gasteiger partial charge >= 0.3 is 0 Å².